The fourth-order valence-electron chi connectivity index (χ4n) is 3.54. The average Bonchev–Trinajstić information content (AvgIpc) is 2.41. The predicted molar refractivity (Wildman–Crippen MR) is 76.9 cm³/mol. The van der Waals surface area contributed by atoms with Crippen LogP contribution in [0.15, 0.2) is 0 Å². The summed E-state index contributed by atoms with van der Waals surface area (Å²) in [5.74, 6) is -0.193. The molecule has 1 saturated carbocycles. The molecule has 2 aliphatic rings. The van der Waals surface area contributed by atoms with Gasteiger partial charge in [-0.05, 0) is 46.7 Å². The molecule has 1 saturated heterocycles. The van der Waals surface area contributed by atoms with E-state index in [9.17, 15) is 4.79 Å². The maximum Gasteiger partial charge on any atom is 0.237 e. The Labute approximate surface area is 116 Å². The van der Waals surface area contributed by atoms with E-state index in [4.69, 9.17) is 5.73 Å². The number of likely N-dealkylation sites (N-methyl/N-ethyl adjacent to an activating group) is 2. The van der Waals surface area contributed by atoms with Gasteiger partial charge in [0, 0.05) is 31.7 Å². The van der Waals surface area contributed by atoms with Crippen LogP contribution in [-0.2, 0) is 4.79 Å². The van der Waals surface area contributed by atoms with Crippen molar-refractivity contribution in [1.29, 1.82) is 0 Å². The molecule has 3 N–H and O–H groups in total. The molecule has 0 bridgehead atoms. The van der Waals surface area contributed by atoms with E-state index in [-0.39, 0.29) is 5.91 Å². The first-order valence-corrected chi connectivity index (χ1v) is 7.41. The van der Waals surface area contributed by atoms with Crippen molar-refractivity contribution in [2.24, 2.45) is 5.73 Å². The minimum Gasteiger partial charge on any atom is -0.368 e. The zero-order valence-corrected chi connectivity index (χ0v) is 12.5. The third-order valence-corrected chi connectivity index (χ3v) is 5.18. The quantitative estimate of drug-likeness (QED) is 0.757. The second-order valence-electron chi connectivity index (χ2n) is 6.27. The number of carbonyl (C=O) groups excluding carboxylic acids is 1. The molecule has 0 aromatic carbocycles. The Bertz CT molecular complexity index is 335. The molecule has 0 radical (unpaired) electrons. The Kier molecular flexibility index (Phi) is 4.48. The number of nitrogens with two attached hydrogens (primary N) is 1. The molecule has 19 heavy (non-hydrogen) atoms. The lowest BCUT2D eigenvalue weighted by atomic mass is 9.77. The molecule has 1 heterocycles. The van der Waals surface area contributed by atoms with E-state index in [1.165, 1.54) is 6.42 Å². The van der Waals surface area contributed by atoms with Crippen molar-refractivity contribution in [1.82, 2.24) is 15.1 Å². The largest absolute Gasteiger partial charge is 0.368 e. The van der Waals surface area contributed by atoms with Crippen molar-refractivity contribution in [2.75, 3.05) is 33.7 Å². The topological polar surface area (TPSA) is 61.6 Å². The van der Waals surface area contributed by atoms with Gasteiger partial charge in [-0.15, -0.1) is 0 Å². The molecule has 0 spiro atoms. The van der Waals surface area contributed by atoms with Crippen molar-refractivity contribution in [3.05, 3.63) is 0 Å². The van der Waals surface area contributed by atoms with Crippen LogP contribution in [0.25, 0.3) is 0 Å². The van der Waals surface area contributed by atoms with Crippen LogP contribution in [0.5, 0.6) is 0 Å². The monoisotopic (exact) mass is 268 g/mol. The normalized spacial score (nSPS) is 38.3. The molecule has 3 atom stereocenters. The van der Waals surface area contributed by atoms with Gasteiger partial charge in [-0.25, -0.2) is 0 Å². The van der Waals surface area contributed by atoms with Gasteiger partial charge in [-0.3, -0.25) is 9.69 Å². The summed E-state index contributed by atoms with van der Waals surface area (Å²) in [6.45, 7) is 5.58. The van der Waals surface area contributed by atoms with Gasteiger partial charge in [-0.2, -0.15) is 0 Å². The van der Waals surface area contributed by atoms with Gasteiger partial charge in [0.1, 0.15) is 0 Å². The standard InChI is InChI=1S/C14H28N4O/c1-11-10-18(8-7-17(11)3)12-5-4-6-14(9-12,16-2)13(15)19/h11-12,16H,4-10H2,1-3H3,(H2,15,19). The lowest BCUT2D eigenvalue weighted by Crippen LogP contribution is -2.62. The summed E-state index contributed by atoms with van der Waals surface area (Å²) in [7, 11) is 4.05. The van der Waals surface area contributed by atoms with Crippen LogP contribution in [0.1, 0.15) is 32.6 Å². The van der Waals surface area contributed by atoms with Gasteiger partial charge < -0.3 is 16.0 Å². The molecule has 5 nitrogen and oxygen atoms in total. The highest BCUT2D eigenvalue weighted by atomic mass is 16.1. The molecule has 5 heteroatoms. The number of nitrogens with one attached hydrogen (secondary N) is 1. The number of rotatable bonds is 3. The van der Waals surface area contributed by atoms with E-state index in [2.05, 4.69) is 29.1 Å². The van der Waals surface area contributed by atoms with Crippen molar-refractivity contribution >= 4 is 5.91 Å². The Morgan fingerprint density at radius 3 is 2.74 bits per heavy atom. The van der Waals surface area contributed by atoms with Crippen LogP contribution in [0.4, 0.5) is 0 Å². The summed E-state index contributed by atoms with van der Waals surface area (Å²) < 4.78 is 0. The third kappa shape index (κ3) is 2.93. The molecule has 2 rings (SSSR count). The summed E-state index contributed by atoms with van der Waals surface area (Å²) in [6.07, 6.45) is 4.00. The van der Waals surface area contributed by atoms with Crippen LogP contribution in [-0.4, -0.2) is 67.1 Å². The lowest BCUT2D eigenvalue weighted by Gasteiger charge is -2.47. The van der Waals surface area contributed by atoms with Crippen LogP contribution in [0.2, 0.25) is 0 Å². The van der Waals surface area contributed by atoms with Crippen molar-refractivity contribution in [3.8, 4) is 0 Å². The highest BCUT2D eigenvalue weighted by Gasteiger charge is 2.42. The summed E-state index contributed by atoms with van der Waals surface area (Å²) in [5, 5.41) is 3.19. The smallest absolute Gasteiger partial charge is 0.237 e. The lowest BCUT2D eigenvalue weighted by molar-refractivity contribution is -0.126. The van der Waals surface area contributed by atoms with Crippen molar-refractivity contribution < 1.29 is 4.79 Å². The van der Waals surface area contributed by atoms with Gasteiger partial charge in [0.05, 0.1) is 5.54 Å². The van der Waals surface area contributed by atoms with Crippen LogP contribution in [0, 0.1) is 0 Å². The number of carbonyl (C=O) groups is 1. The Hall–Kier alpha value is -0.650. The third-order valence-electron chi connectivity index (χ3n) is 5.18. The minimum absolute atomic E-state index is 0.193. The Morgan fingerprint density at radius 1 is 1.42 bits per heavy atom. The zero-order chi connectivity index (χ0) is 14.0. The van der Waals surface area contributed by atoms with Gasteiger partial charge >= 0.3 is 0 Å². The number of amides is 1. The molecule has 3 unspecified atom stereocenters. The van der Waals surface area contributed by atoms with Crippen molar-refractivity contribution in [2.45, 2.75) is 50.2 Å². The molecule has 1 amide bonds. The Morgan fingerprint density at radius 2 is 2.16 bits per heavy atom. The van der Waals surface area contributed by atoms with E-state index in [1.54, 1.807) is 0 Å². The summed E-state index contributed by atoms with van der Waals surface area (Å²) >= 11 is 0. The highest BCUT2D eigenvalue weighted by molar-refractivity contribution is 5.84. The predicted octanol–water partition coefficient (Wildman–Crippen LogP) is 0.00840. The maximum atomic E-state index is 11.8. The first-order chi connectivity index (χ1) is 8.98. The second kappa shape index (κ2) is 5.77. The fourth-order valence-corrected chi connectivity index (χ4v) is 3.54. The summed E-state index contributed by atoms with van der Waals surface area (Å²) in [4.78, 5) is 16.7. The highest BCUT2D eigenvalue weighted by Crippen LogP contribution is 2.31. The maximum absolute atomic E-state index is 11.8. The van der Waals surface area contributed by atoms with E-state index < -0.39 is 5.54 Å². The number of nitrogens with zero attached hydrogens (tertiary/aromatic N) is 2. The van der Waals surface area contributed by atoms with Crippen LogP contribution in [0.3, 0.4) is 0 Å². The van der Waals surface area contributed by atoms with Gasteiger partial charge in [0.15, 0.2) is 0 Å². The first-order valence-electron chi connectivity index (χ1n) is 7.41. The van der Waals surface area contributed by atoms with Crippen LogP contribution < -0.4 is 11.1 Å². The molecular formula is C14H28N4O. The van der Waals surface area contributed by atoms with E-state index in [0.717, 1.165) is 38.9 Å². The molecule has 1 aliphatic heterocycles. The van der Waals surface area contributed by atoms with Gasteiger partial charge in [-0.1, -0.05) is 0 Å². The SMILES string of the molecule is CNC1(C(N)=O)CCCC(N2CCN(C)C(C)C2)C1. The molecule has 0 aromatic rings. The van der Waals surface area contributed by atoms with Crippen molar-refractivity contribution in [3.63, 3.8) is 0 Å². The number of primary amides is 1. The molecule has 110 valence electrons. The van der Waals surface area contributed by atoms with Gasteiger partial charge in [0.2, 0.25) is 5.91 Å². The zero-order valence-electron chi connectivity index (χ0n) is 12.5. The number of hydrogen-bond donors (Lipinski definition) is 2. The number of hydrogen-bond acceptors (Lipinski definition) is 4. The molecule has 1 aliphatic carbocycles. The molecule has 2 fully saturated rings. The molecule has 0 aromatic heterocycles. The summed E-state index contributed by atoms with van der Waals surface area (Å²) in [5.41, 5.74) is 5.14. The Balaban J connectivity index is 2.03. The second-order valence-corrected chi connectivity index (χ2v) is 6.27. The minimum atomic E-state index is -0.491. The van der Waals surface area contributed by atoms with E-state index in [0.29, 0.717) is 12.1 Å². The van der Waals surface area contributed by atoms with E-state index in [1.807, 2.05) is 7.05 Å². The number of piperazine rings is 1. The fraction of sp³-hybridized carbons (Fsp3) is 0.929. The van der Waals surface area contributed by atoms with Crippen LogP contribution >= 0.6 is 0 Å². The molecular weight excluding hydrogens is 240 g/mol. The van der Waals surface area contributed by atoms with E-state index >= 15 is 0 Å². The first kappa shape index (κ1) is 14.8. The summed E-state index contributed by atoms with van der Waals surface area (Å²) in [6, 6.07) is 1.08. The van der Waals surface area contributed by atoms with Gasteiger partial charge in [0.25, 0.3) is 0 Å². The average molecular weight is 268 g/mol.